The molecule has 1 nitrogen and oxygen atoms in total. The van der Waals surface area contributed by atoms with Gasteiger partial charge in [0.1, 0.15) is 0 Å². The molecule has 0 saturated carbocycles. The average molecular weight is 818 g/mol. The van der Waals surface area contributed by atoms with E-state index >= 15 is 0 Å². The monoisotopic (exact) mass is 824 g/mol. The molecule has 0 fully saturated rings. The van der Waals surface area contributed by atoms with Crippen LogP contribution in [0.5, 0.6) is 0 Å². The SMILES string of the molecule is [Hg+].[Hg+].[Hg].[Hg].[O-2]. The zero-order valence-corrected chi connectivity index (χ0v) is 25.2. The van der Waals surface area contributed by atoms with Crippen molar-refractivity contribution in [2.24, 2.45) is 0 Å². The second kappa shape index (κ2) is 25.2. The Hall–Kier alpha value is 3.70. The number of hydrogen-bond donors (Lipinski definition) is 0. The Morgan fingerprint density at radius 2 is 0.600 bits per heavy atom. The summed E-state index contributed by atoms with van der Waals surface area (Å²) in [6.45, 7) is 0. The van der Waals surface area contributed by atoms with Gasteiger partial charge in [0.15, 0.2) is 0 Å². The van der Waals surface area contributed by atoms with Crippen LogP contribution >= 0.6 is 0 Å². The summed E-state index contributed by atoms with van der Waals surface area (Å²) in [5.41, 5.74) is 0. The molecule has 0 amide bonds. The van der Waals surface area contributed by atoms with E-state index in [1.165, 1.54) is 0 Å². The van der Waals surface area contributed by atoms with Crippen molar-refractivity contribution in [1.29, 1.82) is 0 Å². The van der Waals surface area contributed by atoms with Gasteiger partial charge in [0.25, 0.3) is 0 Å². The first kappa shape index (κ1) is 37.7. The second-order valence-corrected chi connectivity index (χ2v) is 0. The topological polar surface area (TPSA) is 28.5 Å². The van der Waals surface area contributed by atoms with Gasteiger partial charge in [-0.2, -0.15) is 0 Å². The molecule has 0 heterocycles. The molecule has 0 aromatic rings. The van der Waals surface area contributed by atoms with Gasteiger partial charge in [-0.3, -0.25) is 0 Å². The van der Waals surface area contributed by atoms with E-state index in [1.54, 1.807) is 0 Å². The molecule has 5 heavy (non-hydrogen) atoms. The zero-order valence-electron chi connectivity index (χ0n) is 3.24. The second-order valence-electron chi connectivity index (χ2n) is 0. The van der Waals surface area contributed by atoms with Crippen LogP contribution in [0.25, 0.3) is 0 Å². The zero-order chi connectivity index (χ0) is 0. The van der Waals surface area contributed by atoms with Crippen LogP contribution in [0.1, 0.15) is 0 Å². The van der Waals surface area contributed by atoms with E-state index in [9.17, 15) is 0 Å². The Morgan fingerprint density at radius 1 is 0.600 bits per heavy atom. The third-order valence-corrected chi connectivity index (χ3v) is 0. The summed E-state index contributed by atoms with van der Waals surface area (Å²) in [5, 5.41) is 0. The molecule has 0 aromatic carbocycles. The van der Waals surface area contributed by atoms with Crippen LogP contribution in [0.4, 0.5) is 0 Å². The average Bonchev–Trinajstić information content (AvgIpc) is 0. The summed E-state index contributed by atoms with van der Waals surface area (Å²) in [7, 11) is 0. The van der Waals surface area contributed by atoms with Gasteiger partial charge in [-0.1, -0.05) is 0 Å². The molecule has 0 unspecified atom stereocenters. The molecule has 5 heteroatoms. The maximum absolute atomic E-state index is 0. The summed E-state index contributed by atoms with van der Waals surface area (Å²) >= 11 is 0. The van der Waals surface area contributed by atoms with Crippen molar-refractivity contribution in [3.63, 3.8) is 0 Å². The molecule has 0 saturated heterocycles. The van der Waals surface area contributed by atoms with Crippen molar-refractivity contribution < 1.29 is 116 Å². The van der Waals surface area contributed by atoms with Gasteiger partial charge < -0.3 is 5.48 Å². The molecule has 0 rings (SSSR count). The van der Waals surface area contributed by atoms with Crippen molar-refractivity contribution in [1.82, 2.24) is 0 Å². The molecule has 0 aliphatic rings. The summed E-state index contributed by atoms with van der Waals surface area (Å²) in [6.07, 6.45) is 0. The Kier molecular flexibility index (Phi) is 190. The van der Waals surface area contributed by atoms with E-state index in [0.29, 0.717) is 0 Å². The van der Waals surface area contributed by atoms with Crippen molar-refractivity contribution >= 4 is 0 Å². The third kappa shape index (κ3) is 18.3. The van der Waals surface area contributed by atoms with Gasteiger partial charge in [-0.15, -0.1) is 0 Å². The summed E-state index contributed by atoms with van der Waals surface area (Å²) in [5.74, 6) is 0. The van der Waals surface area contributed by atoms with Gasteiger partial charge in [-0.25, -0.2) is 0 Å². The Bertz CT molecular complexity index is 3.61. The van der Waals surface area contributed by atoms with Gasteiger partial charge in [0.05, 0.1) is 0 Å². The Labute approximate surface area is 113 Å². The first-order chi connectivity index (χ1) is 0. The van der Waals surface area contributed by atoms with E-state index in [1.807, 2.05) is 0 Å². The molecule has 0 aliphatic carbocycles. The van der Waals surface area contributed by atoms with E-state index in [0.717, 1.165) is 0 Å². The van der Waals surface area contributed by atoms with E-state index in [-0.39, 0.29) is 116 Å². The molecule has 0 bridgehead atoms. The van der Waals surface area contributed by atoms with E-state index < -0.39 is 0 Å². The molecule has 0 atom stereocenters. The normalized spacial score (nSPS) is 0. The molecular formula is Hg4O. The molecule has 0 aromatic heterocycles. The van der Waals surface area contributed by atoms with Crippen LogP contribution in [0.3, 0.4) is 0 Å². The first-order valence-electron chi connectivity index (χ1n) is 0. The maximum atomic E-state index is 0. The Morgan fingerprint density at radius 3 is 0.600 bits per heavy atom. The van der Waals surface area contributed by atoms with E-state index in [2.05, 4.69) is 0 Å². The standard InChI is InChI=1S/4Hg.O/q;;2*+1;-2. The third-order valence-electron chi connectivity index (χ3n) is 0. The first-order valence-corrected chi connectivity index (χ1v) is 0. The van der Waals surface area contributed by atoms with Crippen molar-refractivity contribution in [2.75, 3.05) is 0 Å². The minimum atomic E-state index is 0. The number of hydrogen-bond acceptors (Lipinski definition) is 0. The van der Waals surface area contributed by atoms with Crippen LogP contribution in [0, 0.1) is 0 Å². The predicted octanol–water partition coefficient (Wildman–Crippen LogP) is -0.129. The largest absolute Gasteiger partial charge is 2.00 e. The van der Waals surface area contributed by atoms with Gasteiger partial charge in [0.2, 0.25) is 0 Å². The van der Waals surface area contributed by atoms with Crippen molar-refractivity contribution in [3.8, 4) is 0 Å². The van der Waals surface area contributed by atoms with Crippen LogP contribution in [-0.2, 0) is 116 Å². The van der Waals surface area contributed by atoms with Crippen LogP contribution in [-0.4, -0.2) is 0 Å². The summed E-state index contributed by atoms with van der Waals surface area (Å²) in [6, 6.07) is 0. The quantitative estimate of drug-likeness (QED) is 0.306. The molecule has 0 aliphatic heterocycles. The summed E-state index contributed by atoms with van der Waals surface area (Å²) < 4.78 is 0. The van der Waals surface area contributed by atoms with Crippen LogP contribution in [0.2, 0.25) is 0 Å². The molecular weight excluding hydrogens is 818 g/mol. The Balaban J connectivity index is 0. The predicted molar refractivity (Wildman–Crippen MR) is 0.686 cm³/mol. The van der Waals surface area contributed by atoms with Gasteiger partial charge in [-0.05, 0) is 0 Å². The van der Waals surface area contributed by atoms with E-state index in [4.69, 9.17) is 0 Å². The minimum absolute atomic E-state index is 0. The molecule has 2 radical (unpaired) electrons. The molecule has 0 N–H and O–H groups in total. The fourth-order valence-electron chi connectivity index (χ4n) is 0. The van der Waals surface area contributed by atoms with Crippen molar-refractivity contribution in [2.45, 2.75) is 0 Å². The summed E-state index contributed by atoms with van der Waals surface area (Å²) in [4.78, 5) is 0. The van der Waals surface area contributed by atoms with Gasteiger partial charge in [0, 0.05) is 55.3 Å². The van der Waals surface area contributed by atoms with Crippen LogP contribution < -0.4 is 0 Å². The van der Waals surface area contributed by atoms with Crippen molar-refractivity contribution in [3.05, 3.63) is 0 Å². The van der Waals surface area contributed by atoms with Crippen LogP contribution in [0.15, 0.2) is 0 Å². The molecule has 0 spiro atoms. The minimum Gasteiger partial charge on any atom is -2.00 e. The number of rotatable bonds is 0. The molecule has 14 valence electrons. The fourth-order valence-corrected chi connectivity index (χ4v) is 0. The smallest absolute Gasteiger partial charge is 1.00 e. The maximum Gasteiger partial charge on any atom is 1.00 e. The fraction of sp³-hybridized carbons (Fsp3) is 0. The van der Waals surface area contributed by atoms with Gasteiger partial charge >= 0.3 is 55.3 Å².